The molecule has 3 aromatic carbocycles. The van der Waals surface area contributed by atoms with Gasteiger partial charge in [-0.1, -0.05) is 88.7 Å². The van der Waals surface area contributed by atoms with Crippen LogP contribution in [-0.2, 0) is 0 Å². The van der Waals surface area contributed by atoms with E-state index in [-0.39, 0.29) is 5.78 Å². The number of carbonyl (C=O) groups excluding carboxylic acids is 1. The first kappa shape index (κ1) is 19.7. The summed E-state index contributed by atoms with van der Waals surface area (Å²) in [5, 5.41) is 4.23. The molecule has 0 saturated heterocycles. The molecule has 0 N–H and O–H groups in total. The van der Waals surface area contributed by atoms with Gasteiger partial charge in [0.25, 0.3) is 0 Å². The van der Waals surface area contributed by atoms with Crippen molar-refractivity contribution in [2.24, 2.45) is 5.10 Å². The topological polar surface area (TPSA) is 64.3 Å². The highest BCUT2D eigenvalue weighted by molar-refractivity contribution is 9.10. The van der Waals surface area contributed by atoms with Gasteiger partial charge < -0.3 is 0 Å². The maximum atomic E-state index is 13.2. The Hall–Kier alpha value is -3.64. The van der Waals surface area contributed by atoms with Crippen LogP contribution < -0.4 is 5.69 Å². The number of halogens is 1. The summed E-state index contributed by atoms with van der Waals surface area (Å²) >= 11 is 3.41. The maximum Gasteiger partial charge on any atom is 0.368 e. The first-order chi connectivity index (χ1) is 14.6. The van der Waals surface area contributed by atoms with Gasteiger partial charge in [-0.2, -0.15) is 14.8 Å². The van der Waals surface area contributed by atoms with Crippen molar-refractivity contribution in [1.82, 2.24) is 9.66 Å². The lowest BCUT2D eigenvalue weighted by molar-refractivity contribution is 0.103. The van der Waals surface area contributed by atoms with Crippen LogP contribution in [0.2, 0.25) is 0 Å². The number of rotatable bonds is 5. The molecule has 6 heteroatoms. The van der Waals surface area contributed by atoms with Crippen LogP contribution in [0.15, 0.2) is 105 Å². The second kappa shape index (κ2) is 8.80. The zero-order chi connectivity index (χ0) is 20.9. The molecule has 0 aliphatic carbocycles. The number of benzene rings is 3. The Morgan fingerprint density at radius 3 is 2.33 bits per heavy atom. The van der Waals surface area contributed by atoms with Gasteiger partial charge in [0.05, 0.1) is 17.5 Å². The highest BCUT2D eigenvalue weighted by atomic mass is 79.9. The fourth-order valence-corrected chi connectivity index (χ4v) is 3.39. The molecule has 0 amide bonds. The number of hydrogen-bond donors (Lipinski definition) is 0. The highest BCUT2D eigenvalue weighted by Gasteiger charge is 2.18. The Balaban J connectivity index is 1.84. The molecular formula is C24H16BrN3O2. The molecule has 0 radical (unpaired) electrons. The lowest BCUT2D eigenvalue weighted by Crippen LogP contribution is -2.23. The maximum absolute atomic E-state index is 13.2. The molecule has 4 aromatic rings. The fourth-order valence-electron chi connectivity index (χ4n) is 2.97. The van der Waals surface area contributed by atoms with Crippen molar-refractivity contribution in [3.8, 4) is 11.3 Å². The van der Waals surface area contributed by atoms with E-state index in [1.54, 1.807) is 30.5 Å². The molecule has 0 atom stereocenters. The Morgan fingerprint density at radius 2 is 1.63 bits per heavy atom. The first-order valence-corrected chi connectivity index (χ1v) is 10.00. The predicted molar refractivity (Wildman–Crippen MR) is 121 cm³/mol. The van der Waals surface area contributed by atoms with Crippen LogP contribution in [0.3, 0.4) is 0 Å². The Morgan fingerprint density at radius 1 is 0.933 bits per heavy atom. The summed E-state index contributed by atoms with van der Waals surface area (Å²) in [4.78, 5) is 30.0. The summed E-state index contributed by atoms with van der Waals surface area (Å²) < 4.78 is 1.99. The van der Waals surface area contributed by atoms with Gasteiger partial charge in [-0.25, -0.2) is 4.79 Å². The van der Waals surface area contributed by atoms with E-state index in [0.29, 0.717) is 22.4 Å². The first-order valence-electron chi connectivity index (χ1n) is 9.20. The predicted octanol–water partition coefficient (Wildman–Crippen LogP) is 4.79. The molecular weight excluding hydrogens is 442 g/mol. The number of hydrogen-bond acceptors (Lipinski definition) is 4. The normalized spacial score (nSPS) is 11.0. The van der Waals surface area contributed by atoms with Gasteiger partial charge in [0, 0.05) is 21.8 Å². The SMILES string of the molecule is O=C(c1ccccc1)c1cn(/N=C/c2cccc(Br)c2)c(=O)nc1-c1ccccc1. The molecule has 0 unspecified atom stereocenters. The standard InChI is InChI=1S/C24H16BrN3O2/c25-20-13-7-8-17(14-20)15-26-28-16-21(23(29)19-11-5-2-6-12-19)22(27-24(28)30)18-9-3-1-4-10-18/h1-16H/b26-15+. The van der Waals surface area contributed by atoms with Crippen LogP contribution in [0.25, 0.3) is 11.3 Å². The summed E-state index contributed by atoms with van der Waals surface area (Å²) in [7, 11) is 0. The monoisotopic (exact) mass is 457 g/mol. The minimum Gasteiger partial charge on any atom is -0.288 e. The van der Waals surface area contributed by atoms with Crippen molar-refractivity contribution in [1.29, 1.82) is 0 Å². The van der Waals surface area contributed by atoms with Crippen molar-refractivity contribution in [3.05, 3.63) is 123 Å². The Labute approximate surface area is 181 Å². The van der Waals surface area contributed by atoms with Crippen LogP contribution in [0.4, 0.5) is 0 Å². The summed E-state index contributed by atoms with van der Waals surface area (Å²) in [6.07, 6.45) is 2.99. The summed E-state index contributed by atoms with van der Waals surface area (Å²) in [5.74, 6) is -0.228. The van der Waals surface area contributed by atoms with Crippen molar-refractivity contribution in [2.45, 2.75) is 0 Å². The van der Waals surface area contributed by atoms with Crippen LogP contribution in [0.1, 0.15) is 21.5 Å². The lowest BCUT2D eigenvalue weighted by Gasteiger charge is -2.10. The number of carbonyl (C=O) groups is 1. The van der Waals surface area contributed by atoms with Crippen LogP contribution in [0.5, 0.6) is 0 Å². The van der Waals surface area contributed by atoms with E-state index in [9.17, 15) is 9.59 Å². The van der Waals surface area contributed by atoms with E-state index in [4.69, 9.17) is 0 Å². The second-order valence-corrected chi connectivity index (χ2v) is 7.41. The van der Waals surface area contributed by atoms with E-state index in [0.717, 1.165) is 14.7 Å². The fraction of sp³-hybridized carbons (Fsp3) is 0. The third kappa shape index (κ3) is 4.34. The van der Waals surface area contributed by atoms with Crippen molar-refractivity contribution >= 4 is 27.9 Å². The van der Waals surface area contributed by atoms with E-state index in [1.165, 1.54) is 6.20 Å². The molecule has 5 nitrogen and oxygen atoms in total. The average Bonchev–Trinajstić information content (AvgIpc) is 2.79. The quantitative estimate of drug-likeness (QED) is 0.319. The van der Waals surface area contributed by atoms with Gasteiger partial charge in [0.15, 0.2) is 5.78 Å². The molecule has 1 aromatic heterocycles. The number of ketones is 1. The van der Waals surface area contributed by atoms with Crippen LogP contribution in [0, 0.1) is 0 Å². The van der Waals surface area contributed by atoms with Gasteiger partial charge in [0.2, 0.25) is 0 Å². The van der Waals surface area contributed by atoms with Crippen molar-refractivity contribution in [3.63, 3.8) is 0 Å². The second-order valence-electron chi connectivity index (χ2n) is 6.49. The van der Waals surface area contributed by atoms with E-state index in [2.05, 4.69) is 26.0 Å². The smallest absolute Gasteiger partial charge is 0.288 e. The van der Waals surface area contributed by atoms with E-state index in [1.807, 2.05) is 60.7 Å². The molecule has 0 aliphatic rings. The van der Waals surface area contributed by atoms with E-state index < -0.39 is 5.69 Å². The molecule has 30 heavy (non-hydrogen) atoms. The van der Waals surface area contributed by atoms with Crippen molar-refractivity contribution in [2.75, 3.05) is 0 Å². The van der Waals surface area contributed by atoms with Gasteiger partial charge >= 0.3 is 5.69 Å². The Bertz CT molecular complexity index is 1280. The number of nitrogens with zero attached hydrogens (tertiary/aromatic N) is 3. The molecule has 0 saturated carbocycles. The van der Waals surface area contributed by atoms with Crippen LogP contribution in [-0.4, -0.2) is 21.7 Å². The highest BCUT2D eigenvalue weighted by Crippen LogP contribution is 2.22. The average molecular weight is 458 g/mol. The summed E-state index contributed by atoms with van der Waals surface area (Å²) in [6.45, 7) is 0. The minimum absolute atomic E-state index is 0.228. The molecule has 1 heterocycles. The summed E-state index contributed by atoms with van der Waals surface area (Å²) in [6, 6.07) is 25.6. The molecule has 146 valence electrons. The van der Waals surface area contributed by atoms with Gasteiger partial charge in [-0.15, -0.1) is 0 Å². The van der Waals surface area contributed by atoms with Crippen LogP contribution >= 0.6 is 15.9 Å². The zero-order valence-corrected chi connectivity index (χ0v) is 17.4. The lowest BCUT2D eigenvalue weighted by atomic mass is 9.99. The molecule has 0 aliphatic heterocycles. The van der Waals surface area contributed by atoms with Gasteiger partial charge in [-0.3, -0.25) is 4.79 Å². The molecule has 0 fully saturated rings. The minimum atomic E-state index is -0.565. The third-order valence-corrected chi connectivity index (χ3v) is 4.91. The van der Waals surface area contributed by atoms with Gasteiger partial charge in [-0.05, 0) is 17.7 Å². The Kier molecular flexibility index (Phi) is 5.77. The third-order valence-electron chi connectivity index (χ3n) is 4.42. The molecule has 0 spiro atoms. The van der Waals surface area contributed by atoms with E-state index >= 15 is 0 Å². The number of aromatic nitrogens is 2. The van der Waals surface area contributed by atoms with Gasteiger partial charge in [0.1, 0.15) is 0 Å². The summed E-state index contributed by atoms with van der Waals surface area (Å²) in [5.41, 5.74) is 2.08. The molecule has 4 rings (SSSR count). The zero-order valence-electron chi connectivity index (χ0n) is 15.8. The largest absolute Gasteiger partial charge is 0.368 e. The molecule has 0 bridgehead atoms. The van der Waals surface area contributed by atoms with Crippen molar-refractivity contribution < 1.29 is 4.79 Å².